The van der Waals surface area contributed by atoms with E-state index in [0.717, 1.165) is 10.9 Å². The van der Waals surface area contributed by atoms with Gasteiger partial charge in [0.05, 0.1) is 24.5 Å². The molecule has 0 saturated carbocycles. The Balaban J connectivity index is 1.72. The number of aromatic nitrogens is 1. The summed E-state index contributed by atoms with van der Waals surface area (Å²) in [6.07, 6.45) is 2.01. The molecule has 1 amide bonds. The number of aldehydes is 1. The van der Waals surface area contributed by atoms with Crippen LogP contribution in [-0.4, -0.2) is 48.1 Å². The molecule has 3 aromatic rings. The van der Waals surface area contributed by atoms with E-state index in [1.165, 1.54) is 19.2 Å². The van der Waals surface area contributed by atoms with Crippen molar-refractivity contribution in [2.24, 2.45) is 0 Å². The molecule has 3 N–H and O–H groups in total. The van der Waals surface area contributed by atoms with Gasteiger partial charge in [0.1, 0.15) is 6.29 Å². The van der Waals surface area contributed by atoms with Crippen molar-refractivity contribution in [2.45, 2.75) is 0 Å². The minimum absolute atomic E-state index is 0.0471. The highest BCUT2D eigenvalue weighted by molar-refractivity contribution is 6.60. The van der Waals surface area contributed by atoms with Gasteiger partial charge in [0, 0.05) is 10.9 Å². The summed E-state index contributed by atoms with van der Waals surface area (Å²) in [6, 6.07) is 11.9. The number of pyridine rings is 1. The molecule has 3 rings (SSSR count). The highest BCUT2D eigenvalue weighted by Gasteiger charge is 2.20. The Bertz CT molecular complexity index is 1020. The summed E-state index contributed by atoms with van der Waals surface area (Å²) in [4.78, 5) is 27.6. The third-order valence-electron chi connectivity index (χ3n) is 4.01. The maximum Gasteiger partial charge on any atom is 0.489 e. The second-order valence-corrected chi connectivity index (χ2v) is 5.88. The monoisotopic (exact) mass is 380 g/mol. The van der Waals surface area contributed by atoms with Crippen LogP contribution >= 0.6 is 0 Å². The molecule has 1 heterocycles. The highest BCUT2D eigenvalue weighted by atomic mass is 16.5. The number of nitrogens with one attached hydrogen (secondary N) is 1. The Labute approximate surface area is 160 Å². The lowest BCUT2D eigenvalue weighted by Gasteiger charge is -2.14. The predicted octanol–water partition coefficient (Wildman–Crippen LogP) is 0.753. The summed E-state index contributed by atoms with van der Waals surface area (Å²) in [5.41, 5.74) is 1.32. The molecule has 0 unspecified atom stereocenters. The maximum atomic E-state index is 12.2. The number of hydrogen-bond donors (Lipinski definition) is 3. The van der Waals surface area contributed by atoms with Crippen LogP contribution in [0.1, 0.15) is 10.4 Å². The van der Waals surface area contributed by atoms with Crippen molar-refractivity contribution in [2.75, 3.05) is 19.0 Å². The first-order chi connectivity index (χ1) is 13.5. The summed E-state index contributed by atoms with van der Waals surface area (Å²) in [5.74, 6) is -0.153. The molecule has 0 aliphatic rings. The van der Waals surface area contributed by atoms with E-state index in [4.69, 9.17) is 9.47 Å². The van der Waals surface area contributed by atoms with Gasteiger partial charge in [-0.15, -0.1) is 0 Å². The van der Waals surface area contributed by atoms with Gasteiger partial charge in [0.15, 0.2) is 18.1 Å². The molecule has 0 radical (unpaired) electrons. The van der Waals surface area contributed by atoms with Crippen molar-refractivity contribution in [3.63, 3.8) is 0 Å². The standard InChI is InChI=1S/C19H17BN2O6/c1-27-17-7-13(10-23)15(20(25)26)8-18(17)28-11-19(24)22-14-6-12-4-2-3-5-16(12)21-9-14/h2-10,25-26H,11H2,1H3,(H,22,24). The van der Waals surface area contributed by atoms with Crippen LogP contribution in [0.4, 0.5) is 5.69 Å². The number of methoxy groups -OCH3 is 1. The molecule has 0 aliphatic heterocycles. The number of carbonyl (C=O) groups excluding carboxylic acids is 2. The van der Waals surface area contributed by atoms with Crippen LogP contribution in [0.3, 0.4) is 0 Å². The molecule has 0 atom stereocenters. The van der Waals surface area contributed by atoms with E-state index in [9.17, 15) is 19.6 Å². The summed E-state index contributed by atoms with van der Waals surface area (Å²) in [5, 5.41) is 22.4. The van der Waals surface area contributed by atoms with Crippen molar-refractivity contribution in [3.05, 3.63) is 54.2 Å². The Morgan fingerprint density at radius 2 is 2.00 bits per heavy atom. The maximum absolute atomic E-state index is 12.2. The topological polar surface area (TPSA) is 118 Å². The van der Waals surface area contributed by atoms with Crippen molar-refractivity contribution in [3.8, 4) is 11.5 Å². The van der Waals surface area contributed by atoms with Gasteiger partial charge in [0.25, 0.3) is 5.91 Å². The van der Waals surface area contributed by atoms with Gasteiger partial charge in [-0.1, -0.05) is 18.2 Å². The van der Waals surface area contributed by atoms with Gasteiger partial charge >= 0.3 is 7.12 Å². The zero-order valence-electron chi connectivity index (χ0n) is 15.0. The first-order valence-corrected chi connectivity index (χ1v) is 8.32. The van der Waals surface area contributed by atoms with E-state index in [1.54, 1.807) is 12.3 Å². The second kappa shape index (κ2) is 8.51. The molecule has 0 bridgehead atoms. The number of anilines is 1. The van der Waals surface area contributed by atoms with Gasteiger partial charge in [0.2, 0.25) is 0 Å². The lowest BCUT2D eigenvalue weighted by molar-refractivity contribution is -0.118. The number of rotatable bonds is 7. The fourth-order valence-corrected chi connectivity index (χ4v) is 2.67. The van der Waals surface area contributed by atoms with Gasteiger partial charge in [-0.05, 0) is 29.7 Å². The minimum Gasteiger partial charge on any atom is -0.493 e. The normalized spacial score (nSPS) is 10.4. The first-order valence-electron chi connectivity index (χ1n) is 8.32. The fourth-order valence-electron chi connectivity index (χ4n) is 2.67. The Kier molecular flexibility index (Phi) is 5.88. The summed E-state index contributed by atoms with van der Waals surface area (Å²) in [6.45, 7) is -0.357. The molecule has 28 heavy (non-hydrogen) atoms. The van der Waals surface area contributed by atoms with E-state index in [0.29, 0.717) is 12.0 Å². The number of para-hydroxylation sites is 1. The Morgan fingerprint density at radius 1 is 1.21 bits per heavy atom. The third-order valence-corrected chi connectivity index (χ3v) is 4.01. The molecule has 0 saturated heterocycles. The lowest BCUT2D eigenvalue weighted by Crippen LogP contribution is -2.33. The van der Waals surface area contributed by atoms with Crippen molar-refractivity contribution in [1.29, 1.82) is 0 Å². The van der Waals surface area contributed by atoms with Crippen LogP contribution in [0, 0.1) is 0 Å². The van der Waals surface area contributed by atoms with E-state index in [-0.39, 0.29) is 29.1 Å². The lowest BCUT2D eigenvalue weighted by atomic mass is 9.77. The van der Waals surface area contributed by atoms with E-state index < -0.39 is 13.0 Å². The van der Waals surface area contributed by atoms with Crippen LogP contribution in [0.25, 0.3) is 10.9 Å². The third kappa shape index (κ3) is 4.28. The van der Waals surface area contributed by atoms with Gasteiger partial charge in [-0.25, -0.2) is 0 Å². The molecule has 1 aromatic heterocycles. The first kappa shape index (κ1) is 19.3. The van der Waals surface area contributed by atoms with Crippen LogP contribution in [0.2, 0.25) is 0 Å². The predicted molar refractivity (Wildman–Crippen MR) is 104 cm³/mol. The van der Waals surface area contributed by atoms with Gasteiger partial charge in [-0.3, -0.25) is 14.6 Å². The molecule has 0 spiro atoms. The van der Waals surface area contributed by atoms with Crippen molar-refractivity contribution < 1.29 is 29.1 Å². The summed E-state index contributed by atoms with van der Waals surface area (Å²) >= 11 is 0. The quantitative estimate of drug-likeness (QED) is 0.409. The van der Waals surface area contributed by atoms with Gasteiger partial charge in [-0.2, -0.15) is 0 Å². The average Bonchev–Trinajstić information content (AvgIpc) is 2.71. The summed E-state index contributed by atoms with van der Waals surface area (Å²) in [7, 11) is -0.502. The zero-order chi connectivity index (χ0) is 20.1. The molecule has 0 fully saturated rings. The van der Waals surface area contributed by atoms with E-state index in [1.807, 2.05) is 24.3 Å². The largest absolute Gasteiger partial charge is 0.493 e. The summed E-state index contributed by atoms with van der Waals surface area (Å²) < 4.78 is 10.6. The SMILES string of the molecule is COc1cc(C=O)c(B(O)O)cc1OCC(=O)Nc1cnc2ccccc2c1. The van der Waals surface area contributed by atoms with Crippen molar-refractivity contribution >= 4 is 41.4 Å². The van der Waals surface area contributed by atoms with Crippen LogP contribution < -0.4 is 20.3 Å². The van der Waals surface area contributed by atoms with Crippen molar-refractivity contribution in [1.82, 2.24) is 4.98 Å². The number of benzene rings is 2. The molecular formula is C19H17BN2O6. The molecule has 8 nitrogen and oxygen atoms in total. The Hall–Kier alpha value is -3.43. The molecular weight excluding hydrogens is 363 g/mol. The number of nitrogens with zero attached hydrogens (tertiary/aromatic N) is 1. The number of amides is 1. The highest BCUT2D eigenvalue weighted by Crippen LogP contribution is 2.27. The average molecular weight is 380 g/mol. The molecule has 9 heteroatoms. The Morgan fingerprint density at radius 3 is 2.71 bits per heavy atom. The van der Waals surface area contributed by atoms with E-state index in [2.05, 4.69) is 10.3 Å². The fraction of sp³-hybridized carbons (Fsp3) is 0.105. The van der Waals surface area contributed by atoms with E-state index >= 15 is 0 Å². The van der Waals surface area contributed by atoms with Crippen LogP contribution in [-0.2, 0) is 4.79 Å². The number of hydrogen-bond acceptors (Lipinski definition) is 7. The molecule has 2 aromatic carbocycles. The number of ether oxygens (including phenoxy) is 2. The molecule has 0 aliphatic carbocycles. The second-order valence-electron chi connectivity index (χ2n) is 5.88. The molecule has 142 valence electrons. The minimum atomic E-state index is -1.87. The zero-order valence-corrected chi connectivity index (χ0v) is 15.0. The van der Waals surface area contributed by atoms with Crippen LogP contribution in [0.15, 0.2) is 48.7 Å². The smallest absolute Gasteiger partial charge is 0.489 e. The van der Waals surface area contributed by atoms with Gasteiger partial charge < -0.3 is 24.8 Å². The van der Waals surface area contributed by atoms with Crippen LogP contribution in [0.5, 0.6) is 11.5 Å². The number of fused-ring (bicyclic) bond motifs is 1. The number of carbonyl (C=O) groups is 2.